The molecule has 0 aliphatic carbocycles. The minimum absolute atomic E-state index is 0.544. The van der Waals surface area contributed by atoms with E-state index in [9.17, 15) is 0 Å². The van der Waals surface area contributed by atoms with Gasteiger partial charge in [-0.1, -0.05) is 43.4 Å². The van der Waals surface area contributed by atoms with Crippen LogP contribution in [-0.2, 0) is 0 Å². The molecule has 0 radical (unpaired) electrons. The van der Waals surface area contributed by atoms with Gasteiger partial charge in [0.05, 0.1) is 0 Å². The Hall–Kier alpha value is -0.780. The first-order valence-corrected chi connectivity index (χ1v) is 3.64. The maximum absolute atomic E-state index is 3.64. The molecule has 0 nitrogen and oxygen atoms in total. The largest absolute Gasteiger partial charge is 0.0991 e. The molecule has 0 saturated heterocycles. The zero-order valence-corrected chi connectivity index (χ0v) is 7.09. The van der Waals surface area contributed by atoms with Crippen LogP contribution in [0.3, 0.4) is 0 Å². The molecule has 0 N–H and O–H groups in total. The van der Waals surface area contributed by atoms with Gasteiger partial charge in [0.25, 0.3) is 0 Å². The van der Waals surface area contributed by atoms with Crippen LogP contribution in [-0.4, -0.2) is 0 Å². The van der Waals surface area contributed by atoms with Gasteiger partial charge in [-0.2, -0.15) is 0 Å². The molecule has 0 aliphatic rings. The summed E-state index contributed by atoms with van der Waals surface area (Å²) in [6.45, 7) is 9.98. The lowest BCUT2D eigenvalue weighted by atomic mass is 10.0. The summed E-state index contributed by atoms with van der Waals surface area (Å²) in [6.07, 6.45) is 8.13. The van der Waals surface area contributed by atoms with Gasteiger partial charge >= 0.3 is 0 Å². The Bertz CT molecular complexity index is 149. The van der Waals surface area contributed by atoms with Gasteiger partial charge in [0.15, 0.2) is 0 Å². The molecule has 0 heteroatoms. The Kier molecular flexibility index (Phi) is 4.65. The van der Waals surface area contributed by atoms with Gasteiger partial charge in [0.2, 0.25) is 0 Å². The van der Waals surface area contributed by atoms with Crippen LogP contribution >= 0.6 is 0 Å². The highest BCUT2D eigenvalue weighted by molar-refractivity contribution is 5.14. The smallest absolute Gasteiger partial charge is 0.00514 e. The number of hydrogen-bond donors (Lipinski definition) is 0. The normalized spacial score (nSPS) is 15.7. The van der Waals surface area contributed by atoms with Crippen molar-refractivity contribution < 1.29 is 0 Å². The van der Waals surface area contributed by atoms with Gasteiger partial charge < -0.3 is 0 Å². The van der Waals surface area contributed by atoms with E-state index in [4.69, 9.17) is 0 Å². The van der Waals surface area contributed by atoms with Crippen LogP contribution in [0.1, 0.15) is 20.8 Å². The molecule has 10 heavy (non-hydrogen) atoms. The molecule has 0 aromatic heterocycles. The lowest BCUT2D eigenvalue weighted by Gasteiger charge is -2.03. The molecule has 0 heterocycles. The minimum atomic E-state index is 0.544. The lowest BCUT2D eigenvalue weighted by Crippen LogP contribution is -1.89. The monoisotopic (exact) mass is 136 g/mol. The predicted molar refractivity (Wildman–Crippen MR) is 47.9 cm³/mol. The van der Waals surface area contributed by atoms with Crippen LogP contribution in [0.15, 0.2) is 36.5 Å². The number of allylic oxidation sites excluding steroid dienone is 5. The molecule has 0 saturated carbocycles. The standard InChI is InChI=1S/C10H16/c1-5-7-9(3)10(4)8-6-2/h5-8,10H,1H2,2-4H3. The molecule has 0 aromatic carbocycles. The molecule has 56 valence electrons. The molecule has 0 spiro atoms. The second-order valence-corrected chi connectivity index (χ2v) is 2.46. The third-order valence-corrected chi connectivity index (χ3v) is 1.58. The molecule has 0 bridgehead atoms. The first kappa shape index (κ1) is 9.22. The summed E-state index contributed by atoms with van der Waals surface area (Å²) in [5, 5.41) is 0. The second-order valence-electron chi connectivity index (χ2n) is 2.46. The molecule has 0 amide bonds. The van der Waals surface area contributed by atoms with Crippen LogP contribution < -0.4 is 0 Å². The van der Waals surface area contributed by atoms with Crippen LogP contribution in [0.5, 0.6) is 0 Å². The van der Waals surface area contributed by atoms with Gasteiger partial charge in [-0.25, -0.2) is 0 Å². The highest BCUT2D eigenvalue weighted by atomic mass is 14.0. The summed E-state index contributed by atoms with van der Waals surface area (Å²) in [7, 11) is 0. The Morgan fingerprint density at radius 1 is 1.50 bits per heavy atom. The Labute approximate surface area is 64.0 Å². The topological polar surface area (TPSA) is 0 Å². The number of rotatable bonds is 3. The first-order chi connectivity index (χ1) is 4.72. The van der Waals surface area contributed by atoms with Gasteiger partial charge in [-0.3, -0.25) is 0 Å². The molecule has 0 fully saturated rings. The Morgan fingerprint density at radius 3 is 2.50 bits per heavy atom. The van der Waals surface area contributed by atoms with E-state index < -0.39 is 0 Å². The van der Waals surface area contributed by atoms with E-state index in [0.29, 0.717) is 5.92 Å². The SMILES string of the molecule is C=CC=C(C)C(C)C=CC. The maximum atomic E-state index is 3.64. The predicted octanol–water partition coefficient (Wildman–Crippen LogP) is 3.33. The van der Waals surface area contributed by atoms with Crippen molar-refractivity contribution in [2.24, 2.45) is 5.92 Å². The third kappa shape index (κ3) is 3.29. The fourth-order valence-corrected chi connectivity index (χ4v) is 0.778. The first-order valence-electron chi connectivity index (χ1n) is 3.64. The van der Waals surface area contributed by atoms with E-state index in [-0.39, 0.29) is 0 Å². The van der Waals surface area contributed by atoms with E-state index in [0.717, 1.165) is 0 Å². The highest BCUT2D eigenvalue weighted by Crippen LogP contribution is 2.10. The average molecular weight is 136 g/mol. The minimum Gasteiger partial charge on any atom is -0.0991 e. The zero-order chi connectivity index (χ0) is 7.98. The van der Waals surface area contributed by atoms with Crippen molar-refractivity contribution in [3.63, 3.8) is 0 Å². The van der Waals surface area contributed by atoms with E-state index in [2.05, 4.69) is 32.6 Å². The third-order valence-electron chi connectivity index (χ3n) is 1.58. The lowest BCUT2D eigenvalue weighted by molar-refractivity contribution is 0.861. The van der Waals surface area contributed by atoms with Crippen molar-refractivity contribution in [1.29, 1.82) is 0 Å². The van der Waals surface area contributed by atoms with Crippen LogP contribution in [0.2, 0.25) is 0 Å². The summed E-state index contributed by atoms with van der Waals surface area (Å²) in [4.78, 5) is 0. The zero-order valence-electron chi connectivity index (χ0n) is 7.09. The van der Waals surface area contributed by atoms with E-state index in [1.165, 1.54) is 5.57 Å². The molecule has 0 aromatic rings. The van der Waals surface area contributed by atoms with Crippen LogP contribution in [0.25, 0.3) is 0 Å². The highest BCUT2D eigenvalue weighted by Gasteiger charge is 1.95. The summed E-state index contributed by atoms with van der Waals surface area (Å²) in [6, 6.07) is 0. The van der Waals surface area contributed by atoms with Gasteiger partial charge in [0, 0.05) is 0 Å². The van der Waals surface area contributed by atoms with Crippen molar-refractivity contribution >= 4 is 0 Å². The van der Waals surface area contributed by atoms with Gasteiger partial charge in [-0.05, 0) is 19.8 Å². The molecule has 0 rings (SSSR count). The van der Waals surface area contributed by atoms with E-state index >= 15 is 0 Å². The quantitative estimate of drug-likeness (QED) is 0.412. The average Bonchev–Trinajstić information content (AvgIpc) is 1.89. The van der Waals surface area contributed by atoms with Gasteiger partial charge in [0.1, 0.15) is 0 Å². The number of hydrogen-bond acceptors (Lipinski definition) is 0. The van der Waals surface area contributed by atoms with Crippen molar-refractivity contribution in [1.82, 2.24) is 0 Å². The summed E-state index contributed by atoms with van der Waals surface area (Å²) >= 11 is 0. The second kappa shape index (κ2) is 5.04. The summed E-state index contributed by atoms with van der Waals surface area (Å²) in [5.74, 6) is 0.544. The van der Waals surface area contributed by atoms with Crippen molar-refractivity contribution in [3.8, 4) is 0 Å². The Balaban J connectivity index is 4.05. The molecular formula is C10H16. The fraction of sp³-hybridized carbons (Fsp3) is 0.400. The van der Waals surface area contributed by atoms with Crippen LogP contribution in [0.4, 0.5) is 0 Å². The van der Waals surface area contributed by atoms with Gasteiger partial charge in [-0.15, -0.1) is 0 Å². The fourth-order valence-electron chi connectivity index (χ4n) is 0.778. The Morgan fingerprint density at radius 2 is 2.10 bits per heavy atom. The van der Waals surface area contributed by atoms with Crippen molar-refractivity contribution in [2.45, 2.75) is 20.8 Å². The maximum Gasteiger partial charge on any atom is -0.00514 e. The summed E-state index contributed by atoms with van der Waals surface area (Å²) in [5.41, 5.74) is 1.35. The van der Waals surface area contributed by atoms with Crippen molar-refractivity contribution in [2.75, 3.05) is 0 Å². The van der Waals surface area contributed by atoms with E-state index in [1.807, 2.05) is 19.1 Å². The van der Waals surface area contributed by atoms with Crippen molar-refractivity contribution in [3.05, 3.63) is 36.5 Å². The molecular weight excluding hydrogens is 120 g/mol. The molecule has 0 aliphatic heterocycles. The van der Waals surface area contributed by atoms with E-state index in [1.54, 1.807) is 0 Å². The molecule has 1 unspecified atom stereocenters. The summed E-state index contributed by atoms with van der Waals surface area (Å²) < 4.78 is 0. The van der Waals surface area contributed by atoms with Crippen LogP contribution in [0, 0.1) is 5.92 Å². The molecule has 1 atom stereocenters.